The average molecular weight is 1810 g/mol. The Bertz CT molecular complexity index is 11500. The maximum atomic E-state index is 2.54. The van der Waals surface area contributed by atoms with Crippen LogP contribution in [-0.4, -0.2) is 13.7 Å². The molecule has 0 amide bonds. The molecule has 0 unspecified atom stereocenters. The molecule has 3 heteroatoms. The summed E-state index contributed by atoms with van der Waals surface area (Å²) in [6.07, 6.45) is 0. The van der Waals surface area contributed by atoms with E-state index in [4.69, 9.17) is 0 Å². The predicted molar refractivity (Wildman–Crippen MR) is 617 cm³/mol. The molecule has 0 fully saturated rings. The van der Waals surface area contributed by atoms with Crippen LogP contribution in [-0.2, 0) is 0 Å². The highest BCUT2D eigenvalue weighted by atomic mass is 15.0. The Morgan fingerprint density at radius 2 is 0.322 bits per heavy atom. The number of fused-ring (bicyclic) bond motifs is 56. The zero-order valence-electron chi connectivity index (χ0n) is 77.6. The first-order valence-corrected chi connectivity index (χ1v) is 49.9. The van der Waals surface area contributed by atoms with Crippen LogP contribution in [0.5, 0.6) is 0 Å². The number of rotatable bonds is 3. The van der Waals surface area contributed by atoms with Gasteiger partial charge in [-0.15, -0.1) is 0 Å². The number of nitrogens with zero attached hydrogens (tertiary/aromatic N) is 3. The zero-order chi connectivity index (χ0) is 93.1. The quantitative estimate of drug-likeness (QED) is 0.157. The van der Waals surface area contributed by atoms with Crippen molar-refractivity contribution in [1.29, 1.82) is 0 Å². The molecule has 0 saturated heterocycles. The summed E-state index contributed by atoms with van der Waals surface area (Å²) in [6, 6.07) is 183. The van der Waals surface area contributed by atoms with E-state index in [1.54, 1.807) is 0 Å². The molecule has 3 aromatic heterocycles. The fourth-order valence-corrected chi connectivity index (χ4v) is 26.6. The van der Waals surface area contributed by atoms with E-state index >= 15 is 0 Å². The SMILES string of the molecule is c1cc2c3c(cccc3c1)-c1cc(-n3c4ccccc4c4c5c6ccccc6c6ccccc6c5c5ccccc5c43)ccc1-2.c1ccc2c(c1)c1ccccc1c1cc(-n3c4ccccc4c4c5c6ccccc6c6ccccc6c5c5ccccc5c43)ccc21.c1ccc2c(c1)ccc1c3ccccc3c3cc(-n4c5ccccc5c5c6c7ccccc7c7ccccc7c6c6ccccc6c54)ccc3c21. The van der Waals surface area contributed by atoms with Crippen LogP contribution in [0.4, 0.5) is 0 Å². The summed E-state index contributed by atoms with van der Waals surface area (Å²) in [5.74, 6) is 0. The summed E-state index contributed by atoms with van der Waals surface area (Å²) in [4.78, 5) is 0. The molecule has 1 aliphatic carbocycles. The topological polar surface area (TPSA) is 14.8 Å². The van der Waals surface area contributed by atoms with Crippen LogP contribution < -0.4 is 0 Å². The molecule has 0 bridgehead atoms. The van der Waals surface area contributed by atoms with Gasteiger partial charge in [0.05, 0.1) is 33.1 Å². The molecule has 0 saturated carbocycles. The largest absolute Gasteiger partial charge is 0.309 e. The minimum atomic E-state index is 1.17. The Balaban J connectivity index is 0.0000000964. The van der Waals surface area contributed by atoms with Gasteiger partial charge in [-0.1, -0.05) is 437 Å². The number of hydrogen-bond acceptors (Lipinski definition) is 0. The van der Waals surface area contributed by atoms with Crippen molar-refractivity contribution in [1.82, 2.24) is 13.7 Å². The Labute approximate surface area is 819 Å². The third-order valence-electron chi connectivity index (χ3n) is 32.2. The molecule has 656 valence electrons. The predicted octanol–water partition coefficient (Wildman–Crippen LogP) is 39.1. The fourth-order valence-electron chi connectivity index (χ4n) is 26.6. The van der Waals surface area contributed by atoms with Crippen LogP contribution in [0.1, 0.15) is 0 Å². The summed E-state index contributed by atoms with van der Waals surface area (Å²) in [6.45, 7) is 0. The smallest absolute Gasteiger partial charge is 0.0626 e. The molecule has 1 aliphatic rings. The third-order valence-corrected chi connectivity index (χ3v) is 32.2. The van der Waals surface area contributed by atoms with Crippen molar-refractivity contribution >= 4 is 281 Å². The van der Waals surface area contributed by atoms with Gasteiger partial charge in [-0.25, -0.2) is 0 Å². The second kappa shape index (κ2) is 29.9. The highest BCUT2D eigenvalue weighted by Gasteiger charge is 2.30. The zero-order valence-corrected chi connectivity index (χ0v) is 77.6. The van der Waals surface area contributed by atoms with E-state index in [0.29, 0.717) is 0 Å². The van der Waals surface area contributed by atoms with Crippen LogP contribution in [0, 0.1) is 0 Å². The number of hydrogen-bond donors (Lipinski definition) is 0. The van der Waals surface area contributed by atoms with Crippen molar-refractivity contribution < 1.29 is 0 Å². The molecule has 0 radical (unpaired) electrons. The number of benzene rings is 30. The fraction of sp³-hybridized carbons (Fsp3) is 0. The van der Waals surface area contributed by atoms with E-state index < -0.39 is 0 Å². The third kappa shape index (κ3) is 10.8. The molecule has 33 aromatic rings. The van der Waals surface area contributed by atoms with Crippen LogP contribution in [0.15, 0.2) is 491 Å². The van der Waals surface area contributed by atoms with Gasteiger partial charge in [-0.05, 0) is 260 Å². The maximum absolute atomic E-state index is 2.54. The molecule has 0 atom stereocenters. The first-order chi connectivity index (χ1) is 71.1. The van der Waals surface area contributed by atoms with Crippen molar-refractivity contribution in [3.63, 3.8) is 0 Å². The van der Waals surface area contributed by atoms with Crippen molar-refractivity contribution in [2.75, 3.05) is 0 Å². The summed E-state index contributed by atoms with van der Waals surface area (Å²) in [5.41, 5.74) is 16.3. The van der Waals surface area contributed by atoms with E-state index in [9.17, 15) is 0 Å². The van der Waals surface area contributed by atoms with Gasteiger partial charge in [0.1, 0.15) is 0 Å². The van der Waals surface area contributed by atoms with Gasteiger partial charge < -0.3 is 13.7 Å². The standard InChI is InChI=1S/C50H29N.C46H27N.C44H25N/c1-2-14-32-30(13-1)25-27-40-35-17-3-4-18-36(35)44-29-31(26-28-41(44)46(32)40)51-45-24-12-11-23-43(45)49-48-38-20-8-6-16-34(38)33-15-5-7-19-37(33)47(48)39-21-9-10-22-42(39)50(49)51;1-2-15-31-29(13-1)30-14-3-4-18-34(30)41-27-28(25-26-35(31)41)47-42-24-12-11-23-40(42)45-44-37-20-8-6-17-33(37)32-16-5-7-19-36(32)43(44)38-21-9-10-22-39(38)46(45)47;1-3-15-32-28(13-1)29-14-2-4-16-33(29)42-41(32)34-17-5-6-18-36(34)44-43(42)37-19-7-8-22-39(37)45(44)27-23-24-30-31-20-9-11-26-12-10-21-35(40(26)31)38(30)25-27/h1-29H;1-27H;1-25H. The molecule has 34 rings (SSSR count). The molecule has 0 aliphatic heterocycles. The first kappa shape index (κ1) is 78.3. The number of para-hydroxylation sites is 3. The summed E-state index contributed by atoms with van der Waals surface area (Å²) in [5, 5.41) is 59.9. The molecule has 30 aromatic carbocycles. The average Bonchev–Trinajstić information content (AvgIpc) is 1.09. The van der Waals surface area contributed by atoms with Crippen molar-refractivity contribution in [3.05, 3.63) is 491 Å². The molecule has 0 N–H and O–H groups in total. The van der Waals surface area contributed by atoms with Gasteiger partial charge in [-0.3, -0.25) is 0 Å². The second-order valence-corrected chi connectivity index (χ2v) is 39.1. The van der Waals surface area contributed by atoms with Gasteiger partial charge >= 0.3 is 0 Å². The Hall–Kier alpha value is -18.8. The van der Waals surface area contributed by atoms with Crippen LogP contribution >= 0.6 is 0 Å². The lowest BCUT2D eigenvalue weighted by Crippen LogP contribution is -1.96. The highest BCUT2D eigenvalue weighted by Crippen LogP contribution is 2.56. The molecular formula is C140H81N3. The van der Waals surface area contributed by atoms with Gasteiger partial charge in [-0.2, -0.15) is 0 Å². The number of aromatic nitrogens is 3. The van der Waals surface area contributed by atoms with Gasteiger partial charge in [0.2, 0.25) is 0 Å². The maximum Gasteiger partial charge on any atom is 0.0626 e. The highest BCUT2D eigenvalue weighted by molar-refractivity contribution is 6.47. The van der Waals surface area contributed by atoms with E-state index in [0.717, 1.165) is 0 Å². The Morgan fingerprint density at radius 3 is 0.685 bits per heavy atom. The first-order valence-electron chi connectivity index (χ1n) is 49.9. The minimum Gasteiger partial charge on any atom is -0.309 e. The summed E-state index contributed by atoms with van der Waals surface area (Å²) >= 11 is 0. The molecular weight excluding hydrogens is 1720 g/mol. The van der Waals surface area contributed by atoms with E-state index in [-0.39, 0.29) is 0 Å². The van der Waals surface area contributed by atoms with Gasteiger partial charge in [0, 0.05) is 81.7 Å². The lowest BCUT2D eigenvalue weighted by atomic mass is 9.88. The summed E-state index contributed by atoms with van der Waals surface area (Å²) in [7, 11) is 0. The van der Waals surface area contributed by atoms with Crippen molar-refractivity contribution in [2.24, 2.45) is 0 Å². The molecule has 143 heavy (non-hydrogen) atoms. The van der Waals surface area contributed by atoms with Gasteiger partial charge in [0.25, 0.3) is 0 Å². The minimum absolute atomic E-state index is 1.17. The van der Waals surface area contributed by atoms with Crippen LogP contribution in [0.25, 0.3) is 320 Å². The van der Waals surface area contributed by atoms with Crippen LogP contribution in [0.2, 0.25) is 0 Å². The molecule has 3 nitrogen and oxygen atoms in total. The Kier molecular flexibility index (Phi) is 16.3. The monoisotopic (exact) mass is 1800 g/mol. The van der Waals surface area contributed by atoms with E-state index in [1.165, 1.54) is 320 Å². The van der Waals surface area contributed by atoms with Crippen molar-refractivity contribution in [3.8, 4) is 39.3 Å². The lowest BCUT2D eigenvalue weighted by Gasteiger charge is -2.17. The van der Waals surface area contributed by atoms with E-state index in [1.807, 2.05) is 0 Å². The normalized spacial score (nSPS) is 12.3. The Morgan fingerprint density at radius 1 is 0.0979 bits per heavy atom. The van der Waals surface area contributed by atoms with E-state index in [2.05, 4.69) is 505 Å². The summed E-state index contributed by atoms with van der Waals surface area (Å²) < 4.78 is 7.59. The second-order valence-electron chi connectivity index (χ2n) is 39.1. The van der Waals surface area contributed by atoms with Crippen LogP contribution in [0.3, 0.4) is 0 Å². The van der Waals surface area contributed by atoms with Gasteiger partial charge in [0.15, 0.2) is 0 Å². The molecule has 0 spiro atoms. The van der Waals surface area contributed by atoms with Crippen molar-refractivity contribution in [2.45, 2.75) is 0 Å². The lowest BCUT2D eigenvalue weighted by molar-refractivity contribution is 1.19. The molecule has 3 heterocycles.